The zero-order chi connectivity index (χ0) is 10.5. The molecule has 0 amide bonds. The van der Waals surface area contributed by atoms with Gasteiger partial charge in [0, 0.05) is 18.0 Å². The Kier molecular flexibility index (Phi) is 4.96. The Morgan fingerprint density at radius 2 is 1.73 bits per heavy atom. The van der Waals surface area contributed by atoms with Gasteiger partial charge >= 0.3 is 0 Å². The van der Waals surface area contributed by atoms with Gasteiger partial charge < -0.3 is 4.74 Å². The first-order valence-electron chi connectivity index (χ1n) is 6.58. The number of halogens is 1. The average molecular weight is 275 g/mol. The van der Waals surface area contributed by atoms with Gasteiger partial charge in [-0.2, -0.15) is 0 Å². The van der Waals surface area contributed by atoms with Gasteiger partial charge in [-0.25, -0.2) is 0 Å². The van der Waals surface area contributed by atoms with Crippen LogP contribution in [0.1, 0.15) is 51.4 Å². The highest BCUT2D eigenvalue weighted by molar-refractivity contribution is 9.09. The van der Waals surface area contributed by atoms with Gasteiger partial charge in [-0.3, -0.25) is 0 Å². The molecule has 2 fully saturated rings. The molecule has 0 bridgehead atoms. The average Bonchev–Trinajstić information content (AvgIpc) is 2.81. The van der Waals surface area contributed by atoms with Gasteiger partial charge in [-0.15, -0.1) is 0 Å². The fourth-order valence-corrected chi connectivity index (χ4v) is 3.78. The van der Waals surface area contributed by atoms with Crippen molar-refractivity contribution in [3.63, 3.8) is 0 Å². The van der Waals surface area contributed by atoms with E-state index in [1.54, 1.807) is 0 Å². The van der Waals surface area contributed by atoms with Crippen molar-refractivity contribution in [3.8, 4) is 0 Å². The minimum Gasteiger partial charge on any atom is -0.381 e. The molecule has 0 aromatic carbocycles. The fraction of sp³-hybridized carbons (Fsp3) is 1.00. The summed E-state index contributed by atoms with van der Waals surface area (Å²) >= 11 is 3.90. The van der Waals surface area contributed by atoms with E-state index in [0.717, 1.165) is 29.9 Å². The summed E-state index contributed by atoms with van der Waals surface area (Å²) in [5.41, 5.74) is 0. The second kappa shape index (κ2) is 6.24. The maximum absolute atomic E-state index is 5.39. The zero-order valence-corrected chi connectivity index (χ0v) is 11.2. The molecule has 0 aromatic rings. The van der Waals surface area contributed by atoms with Gasteiger partial charge in [0.05, 0.1) is 0 Å². The lowest BCUT2D eigenvalue weighted by Gasteiger charge is -2.24. The van der Waals surface area contributed by atoms with E-state index in [0.29, 0.717) is 0 Å². The highest BCUT2D eigenvalue weighted by Gasteiger charge is 2.24. The van der Waals surface area contributed by atoms with Gasteiger partial charge in [0.1, 0.15) is 0 Å². The SMILES string of the molecule is BrC(CCC1CCOCC1)C1CCCC1. The van der Waals surface area contributed by atoms with Crippen molar-refractivity contribution in [3.05, 3.63) is 0 Å². The zero-order valence-electron chi connectivity index (χ0n) is 9.59. The molecule has 2 rings (SSSR count). The van der Waals surface area contributed by atoms with Crippen LogP contribution in [-0.4, -0.2) is 18.0 Å². The first kappa shape index (κ1) is 11.9. The lowest BCUT2D eigenvalue weighted by Crippen LogP contribution is -2.18. The molecular weight excluding hydrogens is 252 g/mol. The molecule has 1 saturated heterocycles. The van der Waals surface area contributed by atoms with Crippen molar-refractivity contribution in [2.45, 2.75) is 56.2 Å². The molecule has 1 aliphatic carbocycles. The van der Waals surface area contributed by atoms with Crippen molar-refractivity contribution in [1.29, 1.82) is 0 Å². The minimum absolute atomic E-state index is 0.794. The highest BCUT2D eigenvalue weighted by Crippen LogP contribution is 2.35. The molecule has 88 valence electrons. The molecule has 1 atom stereocenters. The van der Waals surface area contributed by atoms with Crippen molar-refractivity contribution in [2.75, 3.05) is 13.2 Å². The Balaban J connectivity index is 1.63. The Morgan fingerprint density at radius 3 is 2.40 bits per heavy atom. The fourth-order valence-electron chi connectivity index (χ4n) is 2.98. The summed E-state index contributed by atoms with van der Waals surface area (Å²) < 4.78 is 5.39. The van der Waals surface area contributed by atoms with Crippen LogP contribution in [0.25, 0.3) is 0 Å². The second-order valence-electron chi connectivity index (χ2n) is 5.19. The predicted octanol–water partition coefficient (Wildman–Crippen LogP) is 4.15. The topological polar surface area (TPSA) is 9.23 Å². The van der Waals surface area contributed by atoms with Crippen LogP contribution in [0.5, 0.6) is 0 Å². The number of hydrogen-bond donors (Lipinski definition) is 0. The van der Waals surface area contributed by atoms with Crippen molar-refractivity contribution in [2.24, 2.45) is 11.8 Å². The standard InChI is InChI=1S/C13H23BrO/c14-13(12-3-1-2-4-12)6-5-11-7-9-15-10-8-11/h11-13H,1-10H2. The molecule has 0 spiro atoms. The summed E-state index contributed by atoms with van der Waals surface area (Å²) in [4.78, 5) is 0.794. The molecule has 0 aromatic heterocycles. The summed E-state index contributed by atoms with van der Waals surface area (Å²) in [7, 11) is 0. The van der Waals surface area contributed by atoms with Crippen LogP contribution in [0.3, 0.4) is 0 Å². The molecule has 0 N–H and O–H groups in total. The maximum Gasteiger partial charge on any atom is 0.0468 e. The van der Waals surface area contributed by atoms with E-state index in [-0.39, 0.29) is 0 Å². The molecule has 1 saturated carbocycles. The van der Waals surface area contributed by atoms with Gasteiger partial charge in [0.25, 0.3) is 0 Å². The maximum atomic E-state index is 5.39. The molecule has 1 unspecified atom stereocenters. The van der Waals surface area contributed by atoms with Crippen LogP contribution in [0.4, 0.5) is 0 Å². The summed E-state index contributed by atoms with van der Waals surface area (Å²) in [6.45, 7) is 2.00. The molecule has 1 nitrogen and oxygen atoms in total. The quantitative estimate of drug-likeness (QED) is 0.700. The van der Waals surface area contributed by atoms with Gasteiger partial charge in [0.15, 0.2) is 0 Å². The number of rotatable bonds is 4. The molecule has 1 aliphatic heterocycles. The van der Waals surface area contributed by atoms with Crippen LogP contribution in [0.15, 0.2) is 0 Å². The number of ether oxygens (including phenoxy) is 1. The molecular formula is C13H23BrO. The predicted molar refractivity (Wildman–Crippen MR) is 67.5 cm³/mol. The third-order valence-electron chi connectivity index (χ3n) is 4.10. The monoisotopic (exact) mass is 274 g/mol. The van der Waals surface area contributed by atoms with E-state index < -0.39 is 0 Å². The molecule has 15 heavy (non-hydrogen) atoms. The van der Waals surface area contributed by atoms with Crippen LogP contribution < -0.4 is 0 Å². The van der Waals surface area contributed by atoms with Gasteiger partial charge in [-0.1, -0.05) is 28.8 Å². The summed E-state index contributed by atoms with van der Waals surface area (Å²) in [6, 6.07) is 0. The molecule has 2 aliphatic rings. The summed E-state index contributed by atoms with van der Waals surface area (Å²) in [5, 5.41) is 0. The van der Waals surface area contributed by atoms with Crippen molar-refractivity contribution < 1.29 is 4.74 Å². The third kappa shape index (κ3) is 3.74. The first-order chi connectivity index (χ1) is 7.36. The summed E-state index contributed by atoms with van der Waals surface area (Å²) in [6.07, 6.45) is 11.2. The van der Waals surface area contributed by atoms with Crippen LogP contribution in [-0.2, 0) is 4.74 Å². The Labute approximate surface area is 102 Å². The summed E-state index contributed by atoms with van der Waals surface area (Å²) in [5.74, 6) is 1.92. The molecule has 0 radical (unpaired) electrons. The smallest absolute Gasteiger partial charge is 0.0468 e. The van der Waals surface area contributed by atoms with E-state index in [4.69, 9.17) is 4.74 Å². The first-order valence-corrected chi connectivity index (χ1v) is 7.49. The normalized spacial score (nSPS) is 27.0. The third-order valence-corrected chi connectivity index (χ3v) is 5.31. The van der Waals surface area contributed by atoms with E-state index in [2.05, 4.69) is 15.9 Å². The van der Waals surface area contributed by atoms with Crippen LogP contribution >= 0.6 is 15.9 Å². The molecule has 1 heterocycles. The number of alkyl halides is 1. The Hall–Kier alpha value is 0.440. The van der Waals surface area contributed by atoms with E-state index in [1.165, 1.54) is 51.4 Å². The van der Waals surface area contributed by atoms with Gasteiger partial charge in [-0.05, 0) is 50.4 Å². The lowest BCUT2D eigenvalue weighted by molar-refractivity contribution is 0.0630. The minimum atomic E-state index is 0.794. The molecule has 2 heteroatoms. The van der Waals surface area contributed by atoms with E-state index in [9.17, 15) is 0 Å². The largest absolute Gasteiger partial charge is 0.381 e. The van der Waals surface area contributed by atoms with Gasteiger partial charge in [0.2, 0.25) is 0 Å². The van der Waals surface area contributed by atoms with E-state index in [1.807, 2.05) is 0 Å². The highest BCUT2D eigenvalue weighted by atomic mass is 79.9. The second-order valence-corrected chi connectivity index (χ2v) is 6.37. The Bertz CT molecular complexity index is 171. The Morgan fingerprint density at radius 1 is 1.07 bits per heavy atom. The lowest BCUT2D eigenvalue weighted by atomic mass is 9.91. The number of hydrogen-bond acceptors (Lipinski definition) is 1. The van der Waals surface area contributed by atoms with Crippen LogP contribution in [0, 0.1) is 11.8 Å². The van der Waals surface area contributed by atoms with Crippen molar-refractivity contribution in [1.82, 2.24) is 0 Å². The van der Waals surface area contributed by atoms with Crippen molar-refractivity contribution >= 4 is 15.9 Å². The van der Waals surface area contributed by atoms with E-state index >= 15 is 0 Å². The van der Waals surface area contributed by atoms with Crippen LogP contribution in [0.2, 0.25) is 0 Å².